The fourth-order valence-corrected chi connectivity index (χ4v) is 8.41. The van der Waals surface area contributed by atoms with Crippen molar-refractivity contribution in [3.05, 3.63) is 64.9 Å². The van der Waals surface area contributed by atoms with E-state index in [1.807, 2.05) is 0 Å². The Balaban J connectivity index is 1.47. The molecule has 0 radical (unpaired) electrons. The van der Waals surface area contributed by atoms with Crippen LogP contribution < -0.4 is 16.4 Å². The molecule has 4 aromatic carbocycles. The number of carboxylic acid groups (broad SMARTS) is 1. The Morgan fingerprint density at radius 2 is 1.32 bits per heavy atom. The summed E-state index contributed by atoms with van der Waals surface area (Å²) in [5, 5.41) is 66.1. The molecule has 2 aromatic heterocycles. The van der Waals surface area contributed by atoms with E-state index in [-0.39, 0.29) is 77.7 Å². The predicted octanol–water partition coefficient (Wildman–Crippen LogP) is 7.96. The highest BCUT2D eigenvalue weighted by Gasteiger charge is 2.26. The first-order chi connectivity index (χ1) is 31.2. The Hall–Kier alpha value is -5.76. The monoisotopic (exact) mass is 1050 g/mol. The summed E-state index contributed by atoms with van der Waals surface area (Å²) in [7, 11) is -10.2. The van der Waals surface area contributed by atoms with Crippen molar-refractivity contribution in [3.63, 3.8) is 0 Å². The standard InChI is InChI=1S/C31H23Cl2N13O15S5/c1-11-35-27(32)39-29(36-11)37-13-2-4-17(63-60-58-50)15(8-13)43-46-25-20(66(55,56)57)7-12-6-18(64-61-59-51)24(26(49)22(12)23(25)34)45-44-16-9-14(3-5-19(16)65(52,53)54)38-30-40-28(33)41-31(42-30)62-10-21(47)48/h2-9,49-51H,10,34H2,1H3,(H,47,48)(H,52,53,54)(H,55,56,57)(H,35,36,37,39)(H,38,40,41,42). The Morgan fingerprint density at radius 1 is 0.742 bits per heavy atom. The molecule has 35 heteroatoms. The van der Waals surface area contributed by atoms with Crippen molar-refractivity contribution < 1.29 is 70.2 Å². The average molecular weight is 1050 g/mol. The highest BCUT2D eigenvalue weighted by Crippen LogP contribution is 2.50. The van der Waals surface area contributed by atoms with Crippen molar-refractivity contribution >= 4 is 148 Å². The molecule has 0 aliphatic heterocycles. The van der Waals surface area contributed by atoms with Gasteiger partial charge in [-0.05, 0) is 84.0 Å². The Bertz CT molecular complexity index is 3140. The van der Waals surface area contributed by atoms with Gasteiger partial charge >= 0.3 is 5.97 Å². The lowest BCUT2D eigenvalue weighted by Crippen LogP contribution is -2.04. The van der Waals surface area contributed by atoms with Gasteiger partial charge in [0.05, 0.1) is 50.7 Å². The minimum atomic E-state index is -5.21. The van der Waals surface area contributed by atoms with Gasteiger partial charge in [-0.1, -0.05) is 21.8 Å². The summed E-state index contributed by atoms with van der Waals surface area (Å²) in [6.45, 7) is 1.56. The van der Waals surface area contributed by atoms with Crippen LogP contribution in [0.25, 0.3) is 10.8 Å². The lowest BCUT2D eigenvalue weighted by atomic mass is 10.1. The van der Waals surface area contributed by atoms with Crippen molar-refractivity contribution in [3.8, 4) is 5.75 Å². The molecule has 28 nitrogen and oxygen atoms in total. The van der Waals surface area contributed by atoms with E-state index in [9.17, 15) is 35.8 Å². The number of nitrogens with zero attached hydrogens (tertiary/aromatic N) is 10. The highest BCUT2D eigenvalue weighted by molar-refractivity contribution is 7.99. The highest BCUT2D eigenvalue weighted by atomic mass is 35.5. The molecule has 0 spiro atoms. The van der Waals surface area contributed by atoms with Gasteiger partial charge in [-0.25, -0.2) is 15.5 Å². The maximum atomic E-state index is 12.8. The fraction of sp³-hybridized carbons (Fsp3) is 0.0645. The molecule has 6 aromatic rings. The van der Waals surface area contributed by atoms with Crippen LogP contribution in [0.2, 0.25) is 10.6 Å². The second-order valence-electron chi connectivity index (χ2n) is 12.1. The Labute approximate surface area is 390 Å². The molecular formula is C31H23Cl2N13O15S5. The van der Waals surface area contributed by atoms with E-state index in [1.165, 1.54) is 18.2 Å². The number of nitrogens with one attached hydrogen (secondary N) is 2. The Morgan fingerprint density at radius 3 is 1.94 bits per heavy atom. The van der Waals surface area contributed by atoms with Crippen molar-refractivity contribution in [1.82, 2.24) is 29.9 Å². The number of rotatable bonds is 19. The first-order valence-corrected chi connectivity index (χ1v) is 23.0. The second-order valence-corrected chi connectivity index (χ2v) is 18.0. The molecule has 0 amide bonds. The van der Waals surface area contributed by atoms with Crippen LogP contribution in [0.1, 0.15) is 5.82 Å². The smallest absolute Gasteiger partial charge is 0.313 e. The SMILES string of the molecule is Cc1nc(Cl)nc(Nc2ccc(SOOO)c(N=Nc3c(S(=O)(=O)O)cc4cc(SOOO)c(N=Nc5cc(Nc6nc(Cl)nc(SCC(=O)O)n6)ccc5S(=O)(=O)O)c(O)c4c3N)c2)n1. The number of hydrogen-bond acceptors (Lipinski definition) is 28. The number of aryl methyl sites for hydroxylation is 1. The van der Waals surface area contributed by atoms with Crippen LogP contribution in [-0.4, -0.2) is 88.3 Å². The normalized spacial score (nSPS) is 12.1. The number of carboxylic acids is 1. The fourth-order valence-electron chi connectivity index (χ4n) is 5.26. The minimum absolute atomic E-state index is 0.00246. The van der Waals surface area contributed by atoms with E-state index in [1.54, 1.807) is 6.92 Å². The number of azo groups is 2. The molecule has 6 rings (SSSR count). The summed E-state index contributed by atoms with van der Waals surface area (Å²) in [5.74, 6) is -2.44. The van der Waals surface area contributed by atoms with E-state index in [4.69, 9.17) is 44.6 Å². The zero-order chi connectivity index (χ0) is 47.9. The van der Waals surface area contributed by atoms with Gasteiger partial charge in [0.1, 0.15) is 38.4 Å². The molecule has 2 heterocycles. The predicted molar refractivity (Wildman–Crippen MR) is 232 cm³/mol. The number of aliphatic carboxylic acids is 1. The van der Waals surface area contributed by atoms with Crippen molar-refractivity contribution in [1.29, 1.82) is 0 Å². The first kappa shape index (κ1) is 49.7. The van der Waals surface area contributed by atoms with Crippen LogP contribution in [0.4, 0.5) is 51.7 Å². The van der Waals surface area contributed by atoms with Crippen LogP contribution in [-0.2, 0) is 43.8 Å². The molecule has 0 unspecified atom stereocenters. The molecule has 0 saturated heterocycles. The molecule has 0 aliphatic carbocycles. The molecule has 0 fully saturated rings. The number of aromatic hydroxyl groups is 1. The molecule has 0 atom stereocenters. The van der Waals surface area contributed by atoms with Crippen LogP contribution in [0.5, 0.6) is 5.75 Å². The number of nitrogen functional groups attached to an aromatic ring is 1. The number of hydrogen-bond donors (Lipinski definition) is 9. The molecule has 10 N–H and O–H groups in total. The number of thioether (sulfide) groups is 1. The maximum absolute atomic E-state index is 12.8. The average Bonchev–Trinajstić information content (AvgIpc) is 3.22. The maximum Gasteiger partial charge on any atom is 0.313 e. The third-order valence-electron chi connectivity index (χ3n) is 7.76. The number of anilines is 5. The summed E-state index contributed by atoms with van der Waals surface area (Å²) in [6.07, 6.45) is 0. The van der Waals surface area contributed by atoms with Crippen LogP contribution in [0.15, 0.2) is 93.7 Å². The summed E-state index contributed by atoms with van der Waals surface area (Å²) in [6, 6.07) is 9.21. The number of halogens is 2. The number of fused-ring (bicyclic) bond motifs is 1. The van der Waals surface area contributed by atoms with Crippen molar-refractivity contribution in [2.75, 3.05) is 22.1 Å². The molecule has 0 aliphatic rings. The first-order valence-electron chi connectivity index (χ1n) is 16.9. The van der Waals surface area contributed by atoms with Crippen LogP contribution in [0.3, 0.4) is 0 Å². The molecule has 0 saturated carbocycles. The van der Waals surface area contributed by atoms with Gasteiger partial charge in [0.25, 0.3) is 20.2 Å². The van der Waals surface area contributed by atoms with Gasteiger partial charge in [-0.3, -0.25) is 13.9 Å². The second kappa shape index (κ2) is 21.3. The van der Waals surface area contributed by atoms with Gasteiger partial charge < -0.3 is 26.6 Å². The lowest BCUT2D eigenvalue weighted by Gasteiger charge is -2.14. The number of aromatic nitrogens is 6. The van der Waals surface area contributed by atoms with E-state index in [0.717, 1.165) is 42.1 Å². The van der Waals surface area contributed by atoms with Gasteiger partial charge in [0.15, 0.2) is 10.9 Å². The lowest BCUT2D eigenvalue weighted by molar-refractivity contribution is -0.432. The van der Waals surface area contributed by atoms with E-state index < -0.39 is 75.6 Å². The third-order valence-corrected chi connectivity index (χ3v) is 12.0. The molecule has 346 valence electrons. The summed E-state index contributed by atoms with van der Waals surface area (Å²) >= 11 is 13.2. The summed E-state index contributed by atoms with van der Waals surface area (Å²) < 4.78 is 79.8. The number of phenols is 1. The zero-order valence-electron chi connectivity index (χ0n) is 32.0. The molecular weight excluding hydrogens is 1030 g/mol. The number of phenolic OH excluding ortho intramolecular Hbond substituents is 1. The van der Waals surface area contributed by atoms with Crippen molar-refractivity contribution in [2.45, 2.75) is 31.7 Å². The molecule has 66 heavy (non-hydrogen) atoms. The number of nitrogens with two attached hydrogens (primary N) is 1. The van der Waals surface area contributed by atoms with Crippen LogP contribution >= 0.6 is 59.0 Å². The number of carbonyl (C=O) groups is 1. The minimum Gasteiger partial charge on any atom is -0.505 e. The largest absolute Gasteiger partial charge is 0.505 e. The van der Waals surface area contributed by atoms with E-state index in [2.05, 4.69) is 79.7 Å². The number of benzene rings is 4. The Kier molecular flexibility index (Phi) is 16.0. The summed E-state index contributed by atoms with van der Waals surface area (Å²) in [5.41, 5.74) is 4.00. The molecule has 0 bridgehead atoms. The van der Waals surface area contributed by atoms with Gasteiger partial charge in [-0.15, -0.1) is 29.1 Å². The van der Waals surface area contributed by atoms with E-state index >= 15 is 0 Å². The van der Waals surface area contributed by atoms with Gasteiger partial charge in [-0.2, -0.15) is 41.8 Å². The zero-order valence-corrected chi connectivity index (χ0v) is 37.6. The summed E-state index contributed by atoms with van der Waals surface area (Å²) in [4.78, 5) is 32.8. The quantitative estimate of drug-likeness (QED) is 0.00706. The van der Waals surface area contributed by atoms with Gasteiger partial charge in [0.2, 0.25) is 22.5 Å². The van der Waals surface area contributed by atoms with Crippen molar-refractivity contribution in [2.24, 2.45) is 20.5 Å². The third kappa shape index (κ3) is 12.6. The topological polar surface area (TPSA) is 421 Å². The van der Waals surface area contributed by atoms with Crippen LogP contribution in [0, 0.1) is 6.92 Å². The van der Waals surface area contributed by atoms with E-state index in [0.29, 0.717) is 12.0 Å². The van der Waals surface area contributed by atoms with Gasteiger partial charge in [0, 0.05) is 11.4 Å².